The minimum atomic E-state index is -0.234. The van der Waals surface area contributed by atoms with E-state index in [2.05, 4.69) is 20.8 Å². The maximum atomic E-state index is 12.6. The van der Waals surface area contributed by atoms with Gasteiger partial charge in [0.05, 0.1) is 44.6 Å². The first-order valence-electron chi connectivity index (χ1n) is 9.92. The summed E-state index contributed by atoms with van der Waals surface area (Å²) in [4.78, 5) is 12.6. The Kier molecular flexibility index (Phi) is 8.14. The molecule has 0 bridgehead atoms. The summed E-state index contributed by atoms with van der Waals surface area (Å²) >= 11 is 1.20. The van der Waals surface area contributed by atoms with Crippen molar-refractivity contribution in [2.75, 3.05) is 38.5 Å². The molecule has 3 aromatic rings. The summed E-state index contributed by atoms with van der Waals surface area (Å²) in [5.41, 5.74) is 1.19. The zero-order valence-electron chi connectivity index (χ0n) is 18.3. The Hall–Kier alpha value is -3.47. The zero-order chi connectivity index (χ0) is 22.9. The van der Waals surface area contributed by atoms with Gasteiger partial charge in [0.15, 0.2) is 0 Å². The van der Waals surface area contributed by atoms with Crippen LogP contribution >= 0.6 is 11.8 Å². The third-order valence-electron chi connectivity index (χ3n) is 4.19. The van der Waals surface area contributed by atoms with E-state index in [1.54, 1.807) is 50.6 Å². The number of aromatic nitrogens is 4. The highest BCUT2D eigenvalue weighted by Gasteiger charge is 2.15. The van der Waals surface area contributed by atoms with Crippen LogP contribution in [0.3, 0.4) is 0 Å². The fourth-order valence-corrected chi connectivity index (χ4v) is 3.50. The molecular formula is C21H25N5O5S. The molecule has 11 heteroatoms. The van der Waals surface area contributed by atoms with Crippen LogP contribution < -0.4 is 24.3 Å². The van der Waals surface area contributed by atoms with E-state index in [-0.39, 0.29) is 11.7 Å². The number of anilines is 1. The van der Waals surface area contributed by atoms with Crippen LogP contribution in [0.5, 0.6) is 23.0 Å². The smallest absolute Gasteiger partial charge is 0.234 e. The zero-order valence-corrected chi connectivity index (χ0v) is 19.1. The summed E-state index contributed by atoms with van der Waals surface area (Å²) in [7, 11) is 3.13. The summed E-state index contributed by atoms with van der Waals surface area (Å²) in [6.45, 7) is 4.78. The van der Waals surface area contributed by atoms with Crippen molar-refractivity contribution in [3.63, 3.8) is 0 Å². The lowest BCUT2D eigenvalue weighted by molar-refractivity contribution is -0.113. The van der Waals surface area contributed by atoms with E-state index in [0.29, 0.717) is 52.7 Å². The van der Waals surface area contributed by atoms with Crippen LogP contribution in [0.15, 0.2) is 41.6 Å². The molecule has 32 heavy (non-hydrogen) atoms. The molecule has 3 rings (SSSR count). The van der Waals surface area contributed by atoms with E-state index in [1.807, 2.05) is 13.8 Å². The molecule has 10 nitrogen and oxygen atoms in total. The van der Waals surface area contributed by atoms with Gasteiger partial charge in [-0.2, -0.15) is 4.68 Å². The first kappa shape index (κ1) is 23.2. The van der Waals surface area contributed by atoms with Crippen molar-refractivity contribution in [3.8, 4) is 28.7 Å². The number of hydrogen-bond acceptors (Lipinski definition) is 9. The molecule has 0 saturated carbocycles. The number of amides is 1. The molecule has 0 radical (unpaired) electrons. The van der Waals surface area contributed by atoms with Gasteiger partial charge in [-0.1, -0.05) is 11.8 Å². The fraction of sp³-hybridized carbons (Fsp3) is 0.333. The van der Waals surface area contributed by atoms with Gasteiger partial charge in [-0.15, -0.1) is 5.10 Å². The van der Waals surface area contributed by atoms with Crippen LogP contribution in [-0.2, 0) is 4.79 Å². The van der Waals surface area contributed by atoms with E-state index < -0.39 is 0 Å². The van der Waals surface area contributed by atoms with Gasteiger partial charge in [-0.25, -0.2) is 0 Å². The number of nitrogens with one attached hydrogen (secondary N) is 1. The Balaban J connectivity index is 1.72. The summed E-state index contributed by atoms with van der Waals surface area (Å²) < 4.78 is 23.2. The molecule has 1 amide bonds. The van der Waals surface area contributed by atoms with E-state index in [9.17, 15) is 4.79 Å². The lowest BCUT2D eigenvalue weighted by Crippen LogP contribution is -2.15. The van der Waals surface area contributed by atoms with Crippen molar-refractivity contribution in [2.24, 2.45) is 0 Å². The average Bonchev–Trinajstić information content (AvgIpc) is 3.28. The maximum absolute atomic E-state index is 12.6. The number of benzene rings is 2. The first-order valence-corrected chi connectivity index (χ1v) is 10.9. The van der Waals surface area contributed by atoms with E-state index in [4.69, 9.17) is 18.9 Å². The van der Waals surface area contributed by atoms with Gasteiger partial charge in [0.2, 0.25) is 11.1 Å². The van der Waals surface area contributed by atoms with Gasteiger partial charge in [0, 0.05) is 24.3 Å². The fourth-order valence-electron chi connectivity index (χ4n) is 2.81. The number of ether oxygens (including phenoxy) is 4. The largest absolute Gasteiger partial charge is 0.497 e. The van der Waals surface area contributed by atoms with Gasteiger partial charge < -0.3 is 24.3 Å². The molecule has 0 atom stereocenters. The monoisotopic (exact) mass is 459 g/mol. The molecule has 1 N–H and O–H groups in total. The van der Waals surface area contributed by atoms with Crippen LogP contribution in [0.25, 0.3) is 5.69 Å². The Labute approximate surface area is 190 Å². The summed E-state index contributed by atoms with van der Waals surface area (Å²) in [5, 5.41) is 15.1. The van der Waals surface area contributed by atoms with Crippen molar-refractivity contribution < 1.29 is 23.7 Å². The van der Waals surface area contributed by atoms with Crippen LogP contribution in [0.1, 0.15) is 13.8 Å². The highest BCUT2D eigenvalue weighted by Crippen LogP contribution is 2.30. The van der Waals surface area contributed by atoms with Crippen molar-refractivity contribution in [1.29, 1.82) is 0 Å². The second-order valence-electron chi connectivity index (χ2n) is 6.30. The quantitative estimate of drug-likeness (QED) is 0.432. The number of hydrogen-bond donors (Lipinski definition) is 1. The maximum Gasteiger partial charge on any atom is 0.234 e. The van der Waals surface area contributed by atoms with Crippen LogP contribution in [-0.4, -0.2) is 59.3 Å². The van der Waals surface area contributed by atoms with E-state index >= 15 is 0 Å². The second-order valence-corrected chi connectivity index (χ2v) is 7.25. The van der Waals surface area contributed by atoms with Gasteiger partial charge in [0.1, 0.15) is 23.0 Å². The molecule has 0 aliphatic carbocycles. The first-order chi connectivity index (χ1) is 15.6. The Morgan fingerprint density at radius 1 is 1.00 bits per heavy atom. The SMILES string of the molecule is CCOc1ccc(OCC)c(NC(=O)CSc2nnnn2-c2cc(OC)cc(OC)c2)c1. The molecule has 0 aliphatic rings. The van der Waals surface area contributed by atoms with Crippen LogP contribution in [0.4, 0.5) is 5.69 Å². The van der Waals surface area contributed by atoms with Gasteiger partial charge in [0.25, 0.3) is 0 Å². The second kappa shape index (κ2) is 11.2. The number of rotatable bonds is 11. The van der Waals surface area contributed by atoms with Gasteiger partial charge in [-0.3, -0.25) is 4.79 Å². The molecule has 0 fully saturated rings. The summed E-state index contributed by atoms with van der Waals surface area (Å²) in [6.07, 6.45) is 0. The van der Waals surface area contributed by atoms with E-state index in [1.165, 1.54) is 16.4 Å². The van der Waals surface area contributed by atoms with Crippen LogP contribution in [0, 0.1) is 0 Å². The number of carbonyl (C=O) groups is 1. The third-order valence-corrected chi connectivity index (χ3v) is 5.11. The minimum absolute atomic E-state index is 0.0892. The molecule has 170 valence electrons. The predicted octanol–water partition coefficient (Wildman–Crippen LogP) is 3.21. The number of nitrogens with zero attached hydrogens (tertiary/aromatic N) is 4. The average molecular weight is 460 g/mol. The third kappa shape index (κ3) is 5.82. The Morgan fingerprint density at radius 3 is 2.38 bits per heavy atom. The Bertz CT molecular complexity index is 1040. The topological polar surface area (TPSA) is 110 Å². The number of thioether (sulfide) groups is 1. The Morgan fingerprint density at radius 2 is 1.72 bits per heavy atom. The molecular weight excluding hydrogens is 434 g/mol. The van der Waals surface area contributed by atoms with Crippen molar-refractivity contribution >= 4 is 23.4 Å². The molecule has 0 spiro atoms. The number of methoxy groups -OCH3 is 2. The lowest BCUT2D eigenvalue weighted by atomic mass is 10.2. The lowest BCUT2D eigenvalue weighted by Gasteiger charge is -2.13. The molecule has 1 heterocycles. The molecule has 1 aromatic heterocycles. The van der Waals surface area contributed by atoms with Crippen molar-refractivity contribution in [3.05, 3.63) is 36.4 Å². The summed E-state index contributed by atoms with van der Waals surface area (Å²) in [6, 6.07) is 10.6. The summed E-state index contributed by atoms with van der Waals surface area (Å²) in [5.74, 6) is 2.27. The molecule has 2 aromatic carbocycles. The molecule has 0 aliphatic heterocycles. The molecule has 0 saturated heterocycles. The van der Waals surface area contributed by atoms with Crippen molar-refractivity contribution in [2.45, 2.75) is 19.0 Å². The normalized spacial score (nSPS) is 10.5. The van der Waals surface area contributed by atoms with Gasteiger partial charge in [-0.05, 0) is 36.4 Å². The standard InChI is InChI=1S/C21H25N5O5S/c1-5-30-15-7-8-19(31-6-2)18(12-15)22-20(27)13-32-21-23-24-25-26(21)14-9-16(28-3)11-17(10-14)29-4/h7-12H,5-6,13H2,1-4H3,(H,22,27). The highest BCUT2D eigenvalue weighted by molar-refractivity contribution is 7.99. The number of carbonyl (C=O) groups excluding carboxylic acids is 1. The molecule has 0 unspecified atom stereocenters. The highest BCUT2D eigenvalue weighted by atomic mass is 32.2. The van der Waals surface area contributed by atoms with Crippen LogP contribution in [0.2, 0.25) is 0 Å². The van der Waals surface area contributed by atoms with Crippen molar-refractivity contribution in [1.82, 2.24) is 20.2 Å². The minimum Gasteiger partial charge on any atom is -0.497 e. The number of tetrazole rings is 1. The van der Waals surface area contributed by atoms with Gasteiger partial charge >= 0.3 is 0 Å². The predicted molar refractivity (Wildman–Crippen MR) is 120 cm³/mol. The van der Waals surface area contributed by atoms with E-state index in [0.717, 1.165) is 0 Å².